The quantitative estimate of drug-likeness (QED) is 0.740. The standard InChI is InChI=1S/C12H15FO3/c1-4-15-12(14)9-5-6-10(13)11(7-9)16-8(2)3/h5-8H,4H2,1-3H3. The predicted octanol–water partition coefficient (Wildman–Crippen LogP) is 2.79. The zero-order chi connectivity index (χ0) is 12.1. The fourth-order valence-electron chi connectivity index (χ4n) is 1.19. The maximum atomic E-state index is 13.3. The molecule has 0 saturated heterocycles. The molecule has 0 fully saturated rings. The summed E-state index contributed by atoms with van der Waals surface area (Å²) in [5.41, 5.74) is 0.291. The topological polar surface area (TPSA) is 35.5 Å². The molecule has 0 unspecified atom stereocenters. The summed E-state index contributed by atoms with van der Waals surface area (Å²) in [6, 6.07) is 3.93. The van der Waals surface area contributed by atoms with Crippen molar-refractivity contribution in [2.75, 3.05) is 6.61 Å². The molecule has 0 aromatic heterocycles. The van der Waals surface area contributed by atoms with Gasteiger partial charge in [0.15, 0.2) is 11.6 Å². The fraction of sp³-hybridized carbons (Fsp3) is 0.417. The molecule has 0 aliphatic rings. The molecule has 0 bridgehead atoms. The van der Waals surface area contributed by atoms with E-state index in [0.29, 0.717) is 5.56 Å². The van der Waals surface area contributed by atoms with Crippen molar-refractivity contribution in [1.29, 1.82) is 0 Å². The van der Waals surface area contributed by atoms with Crippen molar-refractivity contribution >= 4 is 5.97 Å². The normalized spacial score (nSPS) is 10.3. The van der Waals surface area contributed by atoms with Crippen LogP contribution in [0.15, 0.2) is 18.2 Å². The van der Waals surface area contributed by atoms with E-state index >= 15 is 0 Å². The van der Waals surface area contributed by atoms with E-state index in [1.54, 1.807) is 20.8 Å². The van der Waals surface area contributed by atoms with E-state index in [-0.39, 0.29) is 18.5 Å². The summed E-state index contributed by atoms with van der Waals surface area (Å²) in [6.45, 7) is 5.58. The smallest absolute Gasteiger partial charge is 0.338 e. The van der Waals surface area contributed by atoms with Crippen molar-refractivity contribution in [1.82, 2.24) is 0 Å². The molecule has 3 nitrogen and oxygen atoms in total. The summed E-state index contributed by atoms with van der Waals surface area (Å²) in [6.07, 6.45) is -0.146. The first-order valence-electron chi connectivity index (χ1n) is 5.18. The van der Waals surface area contributed by atoms with E-state index in [4.69, 9.17) is 9.47 Å². The van der Waals surface area contributed by atoms with Crippen LogP contribution in [0.25, 0.3) is 0 Å². The van der Waals surface area contributed by atoms with Gasteiger partial charge in [-0.2, -0.15) is 0 Å². The first-order chi connectivity index (χ1) is 7.54. The number of rotatable bonds is 4. The van der Waals surface area contributed by atoms with E-state index in [0.717, 1.165) is 0 Å². The third kappa shape index (κ3) is 3.22. The molecule has 0 N–H and O–H groups in total. The van der Waals surface area contributed by atoms with Crippen LogP contribution in [0, 0.1) is 5.82 Å². The first kappa shape index (κ1) is 12.5. The molecular weight excluding hydrogens is 211 g/mol. The highest BCUT2D eigenvalue weighted by Gasteiger charge is 2.12. The van der Waals surface area contributed by atoms with Crippen LogP contribution < -0.4 is 4.74 Å². The Labute approximate surface area is 94.2 Å². The molecule has 0 heterocycles. The largest absolute Gasteiger partial charge is 0.488 e. The molecule has 0 spiro atoms. The second-order valence-corrected chi connectivity index (χ2v) is 3.53. The molecule has 1 aromatic carbocycles. The van der Waals surface area contributed by atoms with Crippen molar-refractivity contribution in [2.45, 2.75) is 26.9 Å². The molecule has 0 amide bonds. The van der Waals surface area contributed by atoms with Gasteiger partial charge in [0.1, 0.15) is 0 Å². The van der Waals surface area contributed by atoms with Gasteiger partial charge in [0.05, 0.1) is 18.3 Å². The van der Waals surface area contributed by atoms with Gasteiger partial charge in [0, 0.05) is 0 Å². The number of halogens is 1. The van der Waals surface area contributed by atoms with E-state index in [2.05, 4.69) is 0 Å². The van der Waals surface area contributed by atoms with E-state index in [9.17, 15) is 9.18 Å². The van der Waals surface area contributed by atoms with Gasteiger partial charge >= 0.3 is 5.97 Å². The van der Waals surface area contributed by atoms with Crippen LogP contribution in [0.1, 0.15) is 31.1 Å². The minimum atomic E-state index is -0.484. The Morgan fingerprint density at radius 1 is 1.44 bits per heavy atom. The van der Waals surface area contributed by atoms with Crippen LogP contribution >= 0.6 is 0 Å². The Balaban J connectivity index is 2.93. The SMILES string of the molecule is CCOC(=O)c1ccc(F)c(OC(C)C)c1. The van der Waals surface area contributed by atoms with Crippen LogP contribution in [0.5, 0.6) is 5.75 Å². The predicted molar refractivity (Wildman–Crippen MR) is 58.1 cm³/mol. The number of benzene rings is 1. The minimum absolute atomic E-state index is 0.0700. The Kier molecular flexibility index (Phi) is 4.28. The van der Waals surface area contributed by atoms with Gasteiger partial charge in [-0.15, -0.1) is 0 Å². The Morgan fingerprint density at radius 2 is 2.12 bits per heavy atom. The highest BCUT2D eigenvalue weighted by Crippen LogP contribution is 2.20. The van der Waals surface area contributed by atoms with Crippen molar-refractivity contribution in [2.24, 2.45) is 0 Å². The number of carbonyl (C=O) groups excluding carboxylic acids is 1. The van der Waals surface area contributed by atoms with Gasteiger partial charge < -0.3 is 9.47 Å². The molecule has 4 heteroatoms. The Bertz CT molecular complexity index is 375. The van der Waals surface area contributed by atoms with Gasteiger partial charge in [-0.05, 0) is 39.0 Å². The van der Waals surface area contributed by atoms with Gasteiger partial charge in [0.2, 0.25) is 0 Å². The van der Waals surface area contributed by atoms with Gasteiger partial charge in [0.25, 0.3) is 0 Å². The third-order valence-corrected chi connectivity index (χ3v) is 1.81. The fourth-order valence-corrected chi connectivity index (χ4v) is 1.19. The molecule has 0 aliphatic carbocycles. The van der Waals surface area contributed by atoms with Crippen molar-refractivity contribution < 1.29 is 18.7 Å². The number of ether oxygens (including phenoxy) is 2. The second kappa shape index (κ2) is 5.49. The van der Waals surface area contributed by atoms with Crippen LogP contribution in [-0.2, 0) is 4.74 Å². The first-order valence-corrected chi connectivity index (χ1v) is 5.18. The second-order valence-electron chi connectivity index (χ2n) is 3.53. The molecule has 0 radical (unpaired) electrons. The van der Waals surface area contributed by atoms with Crippen LogP contribution in [-0.4, -0.2) is 18.7 Å². The van der Waals surface area contributed by atoms with Gasteiger partial charge in [-0.3, -0.25) is 0 Å². The van der Waals surface area contributed by atoms with Crippen LogP contribution in [0.2, 0.25) is 0 Å². The zero-order valence-electron chi connectivity index (χ0n) is 9.62. The van der Waals surface area contributed by atoms with E-state index in [1.807, 2.05) is 0 Å². The van der Waals surface area contributed by atoms with Crippen LogP contribution in [0.4, 0.5) is 4.39 Å². The third-order valence-electron chi connectivity index (χ3n) is 1.81. The summed E-state index contributed by atoms with van der Waals surface area (Å²) in [4.78, 5) is 11.4. The number of esters is 1. The molecule has 1 rings (SSSR count). The lowest BCUT2D eigenvalue weighted by molar-refractivity contribution is 0.0525. The van der Waals surface area contributed by atoms with Crippen LogP contribution in [0.3, 0.4) is 0 Å². The summed E-state index contributed by atoms with van der Waals surface area (Å²) >= 11 is 0. The molecule has 0 saturated carbocycles. The molecule has 0 atom stereocenters. The molecule has 1 aromatic rings. The Morgan fingerprint density at radius 3 is 2.69 bits per heavy atom. The average Bonchev–Trinajstić information content (AvgIpc) is 2.21. The monoisotopic (exact) mass is 226 g/mol. The maximum absolute atomic E-state index is 13.3. The molecular formula is C12H15FO3. The van der Waals surface area contributed by atoms with E-state index in [1.165, 1.54) is 18.2 Å². The molecule has 16 heavy (non-hydrogen) atoms. The average molecular weight is 226 g/mol. The number of hydrogen-bond acceptors (Lipinski definition) is 3. The van der Waals surface area contributed by atoms with Gasteiger partial charge in [-0.25, -0.2) is 9.18 Å². The van der Waals surface area contributed by atoms with Crippen molar-refractivity contribution in [3.05, 3.63) is 29.6 Å². The van der Waals surface area contributed by atoms with Crippen molar-refractivity contribution in [3.8, 4) is 5.75 Å². The summed E-state index contributed by atoms with van der Waals surface area (Å²) in [5, 5.41) is 0. The van der Waals surface area contributed by atoms with E-state index < -0.39 is 11.8 Å². The summed E-state index contributed by atoms with van der Waals surface area (Å²) in [7, 11) is 0. The highest BCUT2D eigenvalue weighted by atomic mass is 19.1. The number of hydrogen-bond donors (Lipinski definition) is 0. The number of carbonyl (C=O) groups is 1. The lowest BCUT2D eigenvalue weighted by Crippen LogP contribution is -2.09. The minimum Gasteiger partial charge on any atom is -0.488 e. The highest BCUT2D eigenvalue weighted by molar-refractivity contribution is 5.89. The Hall–Kier alpha value is -1.58. The van der Waals surface area contributed by atoms with Crippen molar-refractivity contribution in [3.63, 3.8) is 0 Å². The summed E-state index contributed by atoms with van der Waals surface area (Å²) < 4.78 is 23.3. The molecule has 0 aliphatic heterocycles. The maximum Gasteiger partial charge on any atom is 0.338 e. The lowest BCUT2D eigenvalue weighted by Gasteiger charge is -2.11. The molecule has 88 valence electrons. The summed E-state index contributed by atoms with van der Waals surface area (Å²) in [5.74, 6) is -0.890. The van der Waals surface area contributed by atoms with Gasteiger partial charge in [-0.1, -0.05) is 0 Å². The zero-order valence-corrected chi connectivity index (χ0v) is 9.62. The lowest BCUT2D eigenvalue weighted by atomic mass is 10.2.